The quantitative estimate of drug-likeness (QED) is 0.912. The fourth-order valence-electron chi connectivity index (χ4n) is 1.74. The number of hydrogen-bond donors (Lipinski definition) is 2. The maximum Gasteiger partial charge on any atom is 0.0962 e. The fourth-order valence-corrected chi connectivity index (χ4v) is 3.22. The van der Waals surface area contributed by atoms with Gasteiger partial charge in [0.2, 0.25) is 0 Å². The Labute approximate surface area is 112 Å². The normalized spacial score (nSPS) is 14.5. The van der Waals surface area contributed by atoms with Crippen molar-refractivity contribution in [2.45, 2.75) is 12.0 Å². The predicted octanol–water partition coefficient (Wildman–Crippen LogP) is 2.68. The molecule has 2 rings (SSSR count). The highest BCUT2D eigenvalue weighted by atomic mass is 79.9. The summed E-state index contributed by atoms with van der Waals surface area (Å²) in [6.07, 6.45) is 2.86. The molecule has 2 unspecified atom stereocenters. The largest absolute Gasteiger partial charge is 0.387 e. The van der Waals surface area contributed by atoms with E-state index < -0.39 is 6.10 Å². The zero-order valence-electron chi connectivity index (χ0n) is 9.08. The summed E-state index contributed by atoms with van der Waals surface area (Å²) in [5.74, 6) is -0.0939. The van der Waals surface area contributed by atoms with Crippen molar-refractivity contribution in [3.8, 4) is 0 Å². The number of pyridine rings is 1. The summed E-state index contributed by atoms with van der Waals surface area (Å²) in [6, 6.07) is 7.64. The molecule has 3 N–H and O–H groups in total. The lowest BCUT2D eigenvalue weighted by molar-refractivity contribution is 0.151. The molecule has 17 heavy (non-hydrogen) atoms. The van der Waals surface area contributed by atoms with E-state index in [1.165, 1.54) is 11.3 Å². The summed E-state index contributed by atoms with van der Waals surface area (Å²) in [4.78, 5) is 4.89. The zero-order chi connectivity index (χ0) is 12.3. The average Bonchev–Trinajstić information content (AvgIpc) is 2.78. The van der Waals surface area contributed by atoms with Crippen LogP contribution < -0.4 is 5.73 Å². The standard InChI is InChI=1S/C12H13BrN2OS/c13-11-2-1-10(17-11)12(16)9(7-14)8-3-5-15-6-4-8/h1-6,9,12,16H,7,14H2. The van der Waals surface area contributed by atoms with Gasteiger partial charge in [-0.2, -0.15) is 0 Å². The molecule has 5 heteroatoms. The van der Waals surface area contributed by atoms with Gasteiger partial charge < -0.3 is 10.8 Å². The van der Waals surface area contributed by atoms with E-state index in [0.717, 1.165) is 14.2 Å². The van der Waals surface area contributed by atoms with Gasteiger partial charge in [-0.05, 0) is 45.8 Å². The van der Waals surface area contributed by atoms with Crippen molar-refractivity contribution in [2.75, 3.05) is 6.54 Å². The van der Waals surface area contributed by atoms with Crippen molar-refractivity contribution in [1.29, 1.82) is 0 Å². The van der Waals surface area contributed by atoms with Gasteiger partial charge in [-0.1, -0.05) is 0 Å². The highest BCUT2D eigenvalue weighted by Crippen LogP contribution is 2.35. The highest BCUT2D eigenvalue weighted by molar-refractivity contribution is 9.11. The number of nitrogens with zero attached hydrogens (tertiary/aromatic N) is 1. The molecule has 2 aromatic heterocycles. The third kappa shape index (κ3) is 2.93. The molecular weight excluding hydrogens is 300 g/mol. The first-order valence-electron chi connectivity index (χ1n) is 5.25. The van der Waals surface area contributed by atoms with Crippen LogP contribution in [-0.2, 0) is 0 Å². The van der Waals surface area contributed by atoms with E-state index in [2.05, 4.69) is 20.9 Å². The second-order valence-electron chi connectivity index (χ2n) is 3.71. The lowest BCUT2D eigenvalue weighted by atomic mass is 9.93. The first kappa shape index (κ1) is 12.7. The van der Waals surface area contributed by atoms with E-state index in [0.29, 0.717) is 6.54 Å². The van der Waals surface area contributed by atoms with Gasteiger partial charge in [0.1, 0.15) is 0 Å². The molecular formula is C12H13BrN2OS. The molecule has 90 valence electrons. The van der Waals surface area contributed by atoms with Gasteiger partial charge in [0.15, 0.2) is 0 Å². The van der Waals surface area contributed by atoms with Crippen LogP contribution in [0.15, 0.2) is 40.4 Å². The molecule has 0 amide bonds. The van der Waals surface area contributed by atoms with Crippen LogP contribution in [0.1, 0.15) is 22.5 Å². The van der Waals surface area contributed by atoms with Crippen molar-refractivity contribution in [1.82, 2.24) is 4.98 Å². The molecule has 0 aromatic carbocycles. The van der Waals surface area contributed by atoms with E-state index in [-0.39, 0.29) is 5.92 Å². The number of rotatable bonds is 4. The monoisotopic (exact) mass is 312 g/mol. The Morgan fingerprint density at radius 3 is 2.53 bits per heavy atom. The Kier molecular flexibility index (Phi) is 4.28. The minimum atomic E-state index is -0.571. The first-order chi connectivity index (χ1) is 8.22. The van der Waals surface area contributed by atoms with Gasteiger partial charge in [0.05, 0.1) is 9.89 Å². The summed E-state index contributed by atoms with van der Waals surface area (Å²) in [5, 5.41) is 10.3. The van der Waals surface area contributed by atoms with Crippen molar-refractivity contribution < 1.29 is 5.11 Å². The average molecular weight is 313 g/mol. The van der Waals surface area contributed by atoms with Gasteiger partial charge >= 0.3 is 0 Å². The van der Waals surface area contributed by atoms with Gasteiger partial charge in [-0.25, -0.2) is 0 Å². The maximum absolute atomic E-state index is 10.3. The molecule has 0 saturated heterocycles. The molecule has 0 aliphatic carbocycles. The lowest BCUT2D eigenvalue weighted by Gasteiger charge is -2.20. The van der Waals surface area contributed by atoms with Crippen LogP contribution in [0.3, 0.4) is 0 Å². The van der Waals surface area contributed by atoms with E-state index in [4.69, 9.17) is 5.73 Å². The molecule has 2 aromatic rings. The molecule has 0 saturated carbocycles. The zero-order valence-corrected chi connectivity index (χ0v) is 11.5. The van der Waals surface area contributed by atoms with E-state index in [1.807, 2.05) is 24.3 Å². The van der Waals surface area contributed by atoms with E-state index in [1.54, 1.807) is 12.4 Å². The molecule has 0 fully saturated rings. The molecule has 0 aliphatic heterocycles. The van der Waals surface area contributed by atoms with E-state index >= 15 is 0 Å². The number of hydrogen-bond acceptors (Lipinski definition) is 4. The number of nitrogens with two attached hydrogens (primary N) is 1. The Hall–Kier alpha value is -0.750. The Morgan fingerprint density at radius 2 is 2.00 bits per heavy atom. The summed E-state index contributed by atoms with van der Waals surface area (Å²) in [5.41, 5.74) is 6.78. The summed E-state index contributed by atoms with van der Waals surface area (Å²) in [7, 11) is 0. The molecule has 2 atom stereocenters. The van der Waals surface area contributed by atoms with E-state index in [9.17, 15) is 5.11 Å². The Morgan fingerprint density at radius 1 is 1.29 bits per heavy atom. The van der Waals surface area contributed by atoms with Crippen LogP contribution in [0.4, 0.5) is 0 Å². The highest BCUT2D eigenvalue weighted by Gasteiger charge is 2.22. The summed E-state index contributed by atoms with van der Waals surface area (Å²) in [6.45, 7) is 0.403. The molecule has 3 nitrogen and oxygen atoms in total. The number of halogens is 1. The maximum atomic E-state index is 10.3. The van der Waals surface area contributed by atoms with Gasteiger partial charge in [-0.15, -0.1) is 11.3 Å². The number of aliphatic hydroxyl groups excluding tert-OH is 1. The molecule has 0 radical (unpaired) electrons. The number of aliphatic hydroxyl groups is 1. The SMILES string of the molecule is NCC(c1ccncc1)C(O)c1ccc(Br)s1. The summed E-state index contributed by atoms with van der Waals surface area (Å²) < 4.78 is 1.01. The Balaban J connectivity index is 2.25. The molecule has 0 bridgehead atoms. The van der Waals surface area contributed by atoms with Crippen LogP contribution in [0, 0.1) is 0 Å². The minimum Gasteiger partial charge on any atom is -0.387 e. The van der Waals surface area contributed by atoms with Crippen LogP contribution in [0.5, 0.6) is 0 Å². The van der Waals surface area contributed by atoms with Gasteiger partial charge in [0.25, 0.3) is 0 Å². The Bertz CT molecular complexity index is 474. The van der Waals surface area contributed by atoms with Crippen molar-refractivity contribution in [3.63, 3.8) is 0 Å². The van der Waals surface area contributed by atoms with Crippen molar-refractivity contribution in [3.05, 3.63) is 50.9 Å². The predicted molar refractivity (Wildman–Crippen MR) is 73.0 cm³/mol. The van der Waals surface area contributed by atoms with Crippen LogP contribution in [0.2, 0.25) is 0 Å². The third-order valence-electron chi connectivity index (χ3n) is 2.65. The van der Waals surface area contributed by atoms with Gasteiger partial charge in [0, 0.05) is 29.7 Å². The van der Waals surface area contributed by atoms with Gasteiger partial charge in [-0.3, -0.25) is 4.98 Å². The lowest BCUT2D eigenvalue weighted by Crippen LogP contribution is -2.19. The smallest absolute Gasteiger partial charge is 0.0962 e. The van der Waals surface area contributed by atoms with Crippen LogP contribution in [0.25, 0.3) is 0 Å². The van der Waals surface area contributed by atoms with Crippen molar-refractivity contribution in [2.24, 2.45) is 5.73 Å². The van der Waals surface area contributed by atoms with Crippen molar-refractivity contribution >= 4 is 27.3 Å². The molecule has 0 spiro atoms. The molecule has 2 heterocycles. The second kappa shape index (κ2) is 5.73. The summed E-state index contributed by atoms with van der Waals surface area (Å²) >= 11 is 4.92. The third-order valence-corrected chi connectivity index (χ3v) is 4.35. The minimum absolute atomic E-state index is 0.0939. The van der Waals surface area contributed by atoms with Crippen LogP contribution >= 0.6 is 27.3 Å². The number of aromatic nitrogens is 1. The van der Waals surface area contributed by atoms with Crippen LogP contribution in [-0.4, -0.2) is 16.6 Å². The second-order valence-corrected chi connectivity index (χ2v) is 6.20. The first-order valence-corrected chi connectivity index (χ1v) is 6.86. The fraction of sp³-hybridized carbons (Fsp3) is 0.250. The topological polar surface area (TPSA) is 59.1 Å². The molecule has 0 aliphatic rings. The number of thiophene rings is 1.